The summed E-state index contributed by atoms with van der Waals surface area (Å²) in [6.45, 7) is 6.57. The molecule has 5 nitrogen and oxygen atoms in total. The van der Waals surface area contributed by atoms with E-state index in [9.17, 15) is 4.79 Å². The number of benzene rings is 2. The van der Waals surface area contributed by atoms with Crippen molar-refractivity contribution in [2.75, 3.05) is 13.1 Å². The molecule has 2 heterocycles. The summed E-state index contributed by atoms with van der Waals surface area (Å²) in [7, 11) is 0. The Kier molecular flexibility index (Phi) is 7.84. The summed E-state index contributed by atoms with van der Waals surface area (Å²) in [5.74, 6) is 1.74. The van der Waals surface area contributed by atoms with Crippen LogP contribution >= 0.6 is 11.6 Å². The molecule has 1 atom stereocenters. The van der Waals surface area contributed by atoms with Crippen LogP contribution in [0.1, 0.15) is 43.2 Å². The van der Waals surface area contributed by atoms with Crippen molar-refractivity contribution < 1.29 is 9.21 Å². The number of piperidine rings is 1. The van der Waals surface area contributed by atoms with Gasteiger partial charge in [-0.25, -0.2) is 4.98 Å². The van der Waals surface area contributed by atoms with E-state index >= 15 is 0 Å². The quantitative estimate of drug-likeness (QED) is 0.466. The van der Waals surface area contributed by atoms with Crippen molar-refractivity contribution in [1.82, 2.24) is 15.2 Å². The lowest BCUT2D eigenvalue weighted by Crippen LogP contribution is -2.43. The molecular formula is C27H32ClN3O2. The largest absolute Gasteiger partial charge is 0.441 e. The minimum Gasteiger partial charge on any atom is -0.441 e. The van der Waals surface area contributed by atoms with Gasteiger partial charge in [0.05, 0.1) is 5.69 Å². The molecule has 4 rings (SSSR count). The van der Waals surface area contributed by atoms with E-state index in [2.05, 4.69) is 41.4 Å². The van der Waals surface area contributed by atoms with Gasteiger partial charge in [0.25, 0.3) is 0 Å². The van der Waals surface area contributed by atoms with E-state index in [-0.39, 0.29) is 17.9 Å². The van der Waals surface area contributed by atoms with Gasteiger partial charge in [-0.2, -0.15) is 0 Å². The fraction of sp³-hybridized carbons (Fsp3) is 0.407. The molecule has 6 heteroatoms. The van der Waals surface area contributed by atoms with E-state index in [1.807, 2.05) is 37.3 Å². The third kappa shape index (κ3) is 6.46. The van der Waals surface area contributed by atoms with Crippen LogP contribution in [-0.2, 0) is 17.8 Å². The molecule has 1 N–H and O–H groups in total. The van der Waals surface area contributed by atoms with Crippen molar-refractivity contribution in [3.63, 3.8) is 0 Å². The van der Waals surface area contributed by atoms with E-state index in [1.165, 1.54) is 5.56 Å². The second-order valence-corrected chi connectivity index (χ2v) is 9.45. The molecule has 1 aliphatic heterocycles. The van der Waals surface area contributed by atoms with Crippen molar-refractivity contribution in [3.8, 4) is 11.5 Å². The summed E-state index contributed by atoms with van der Waals surface area (Å²) in [5.41, 5.74) is 3.19. The van der Waals surface area contributed by atoms with Gasteiger partial charge in [0, 0.05) is 29.1 Å². The number of aryl methyl sites for hydroxylation is 2. The van der Waals surface area contributed by atoms with Gasteiger partial charge in [0.1, 0.15) is 5.76 Å². The number of likely N-dealkylation sites (tertiary alicyclic amines) is 1. The SMILES string of the molecule is Cc1oc(-c2ccc(Cl)cc2)nc1CN1CCC(C(=O)N[C@H](C)CCc2ccccc2)CC1. The van der Waals surface area contributed by atoms with Crippen LogP contribution in [0.5, 0.6) is 0 Å². The smallest absolute Gasteiger partial charge is 0.226 e. The second kappa shape index (κ2) is 11.0. The Morgan fingerprint density at radius 2 is 1.85 bits per heavy atom. The summed E-state index contributed by atoms with van der Waals surface area (Å²) in [6, 6.07) is 18.1. The summed E-state index contributed by atoms with van der Waals surface area (Å²) in [6.07, 6.45) is 3.68. The van der Waals surface area contributed by atoms with Crippen molar-refractivity contribution in [1.29, 1.82) is 0 Å². The van der Waals surface area contributed by atoms with Gasteiger partial charge < -0.3 is 9.73 Å². The zero-order valence-electron chi connectivity index (χ0n) is 19.4. The number of aromatic nitrogens is 1. The summed E-state index contributed by atoms with van der Waals surface area (Å²) < 4.78 is 5.90. The van der Waals surface area contributed by atoms with Gasteiger partial charge in [0.2, 0.25) is 11.8 Å². The number of nitrogens with one attached hydrogen (secondary N) is 1. The average molecular weight is 466 g/mol. The number of nitrogens with zero attached hydrogens (tertiary/aromatic N) is 2. The lowest BCUT2D eigenvalue weighted by atomic mass is 9.95. The molecule has 1 fully saturated rings. The van der Waals surface area contributed by atoms with Crippen LogP contribution in [0.4, 0.5) is 0 Å². The minimum atomic E-state index is 0.0865. The Bertz CT molecular complexity index is 1040. The number of hydrogen-bond acceptors (Lipinski definition) is 4. The number of halogens is 1. The number of rotatable bonds is 8. The van der Waals surface area contributed by atoms with E-state index in [4.69, 9.17) is 21.0 Å². The molecule has 0 spiro atoms. The fourth-order valence-electron chi connectivity index (χ4n) is 4.32. The van der Waals surface area contributed by atoms with Crippen molar-refractivity contribution in [3.05, 3.63) is 76.6 Å². The monoisotopic (exact) mass is 465 g/mol. The van der Waals surface area contributed by atoms with Crippen LogP contribution in [0.3, 0.4) is 0 Å². The molecule has 2 aromatic carbocycles. The molecule has 0 bridgehead atoms. The maximum atomic E-state index is 12.8. The van der Waals surface area contributed by atoms with Crippen LogP contribution in [0.25, 0.3) is 11.5 Å². The number of oxazole rings is 1. The average Bonchev–Trinajstić information content (AvgIpc) is 3.19. The van der Waals surface area contributed by atoms with E-state index in [1.54, 1.807) is 0 Å². The topological polar surface area (TPSA) is 58.4 Å². The molecule has 0 unspecified atom stereocenters. The van der Waals surface area contributed by atoms with Crippen LogP contribution in [0.15, 0.2) is 59.0 Å². The molecule has 0 radical (unpaired) electrons. The van der Waals surface area contributed by atoms with Crippen LogP contribution in [-0.4, -0.2) is 34.9 Å². The van der Waals surface area contributed by atoms with E-state index in [0.29, 0.717) is 10.9 Å². The number of carbonyl (C=O) groups excluding carboxylic acids is 1. The lowest BCUT2D eigenvalue weighted by molar-refractivity contribution is -0.127. The summed E-state index contributed by atoms with van der Waals surface area (Å²) in [5, 5.41) is 3.92. The zero-order chi connectivity index (χ0) is 23.2. The molecule has 1 saturated heterocycles. The van der Waals surface area contributed by atoms with Crippen LogP contribution in [0.2, 0.25) is 5.02 Å². The third-order valence-electron chi connectivity index (χ3n) is 6.41. The molecule has 174 valence electrons. The number of amides is 1. The predicted octanol–water partition coefficient (Wildman–Crippen LogP) is 5.65. The highest BCUT2D eigenvalue weighted by Crippen LogP contribution is 2.25. The molecule has 0 aliphatic carbocycles. The first kappa shape index (κ1) is 23.5. The molecule has 0 saturated carbocycles. The van der Waals surface area contributed by atoms with Crippen LogP contribution in [0, 0.1) is 12.8 Å². The van der Waals surface area contributed by atoms with Gasteiger partial charge >= 0.3 is 0 Å². The second-order valence-electron chi connectivity index (χ2n) is 9.01. The van der Waals surface area contributed by atoms with E-state index in [0.717, 1.165) is 62.3 Å². The van der Waals surface area contributed by atoms with Crippen molar-refractivity contribution in [2.24, 2.45) is 5.92 Å². The molecule has 33 heavy (non-hydrogen) atoms. The molecule has 1 aromatic heterocycles. The van der Waals surface area contributed by atoms with E-state index < -0.39 is 0 Å². The number of carbonyl (C=O) groups is 1. The van der Waals surface area contributed by atoms with Gasteiger partial charge in [-0.1, -0.05) is 41.9 Å². The highest BCUT2D eigenvalue weighted by molar-refractivity contribution is 6.30. The zero-order valence-corrected chi connectivity index (χ0v) is 20.1. The molecule has 3 aromatic rings. The summed E-state index contributed by atoms with van der Waals surface area (Å²) in [4.78, 5) is 19.8. The van der Waals surface area contributed by atoms with Gasteiger partial charge in [-0.05, 0) is 82.4 Å². The first-order valence-electron chi connectivity index (χ1n) is 11.8. The van der Waals surface area contributed by atoms with Crippen molar-refractivity contribution >= 4 is 17.5 Å². The highest BCUT2D eigenvalue weighted by atomic mass is 35.5. The molecule has 1 aliphatic rings. The first-order chi connectivity index (χ1) is 16.0. The minimum absolute atomic E-state index is 0.0865. The maximum Gasteiger partial charge on any atom is 0.226 e. The fourth-order valence-corrected chi connectivity index (χ4v) is 4.44. The van der Waals surface area contributed by atoms with Gasteiger partial charge in [-0.3, -0.25) is 9.69 Å². The van der Waals surface area contributed by atoms with Crippen LogP contribution < -0.4 is 5.32 Å². The maximum absolute atomic E-state index is 12.8. The highest BCUT2D eigenvalue weighted by Gasteiger charge is 2.26. The Morgan fingerprint density at radius 3 is 2.55 bits per heavy atom. The number of hydrogen-bond donors (Lipinski definition) is 1. The summed E-state index contributed by atoms with van der Waals surface area (Å²) >= 11 is 5.98. The Labute approximate surface area is 201 Å². The molecular weight excluding hydrogens is 434 g/mol. The first-order valence-corrected chi connectivity index (χ1v) is 12.1. The predicted molar refractivity (Wildman–Crippen MR) is 132 cm³/mol. The standard InChI is InChI=1S/C27H32ClN3O2/c1-19(8-9-21-6-4-3-5-7-21)29-26(32)22-14-16-31(17-15-22)18-25-20(2)33-27(30-25)23-10-12-24(28)13-11-23/h3-7,10-13,19,22H,8-9,14-18H2,1-2H3,(H,29,32)/t19-/m1/s1. The van der Waals surface area contributed by atoms with Crippen molar-refractivity contribution in [2.45, 2.75) is 52.1 Å². The Balaban J connectivity index is 1.23. The third-order valence-corrected chi connectivity index (χ3v) is 6.67. The lowest BCUT2D eigenvalue weighted by Gasteiger charge is -2.31. The molecule has 1 amide bonds. The van der Waals surface area contributed by atoms with Gasteiger partial charge in [-0.15, -0.1) is 0 Å². The Morgan fingerprint density at radius 1 is 1.15 bits per heavy atom. The normalized spacial score (nSPS) is 16.0. The van der Waals surface area contributed by atoms with Gasteiger partial charge in [0.15, 0.2) is 0 Å². The Hall–Kier alpha value is -2.63.